The lowest BCUT2D eigenvalue weighted by atomic mass is 10.0. The van der Waals surface area contributed by atoms with Crippen molar-refractivity contribution in [3.8, 4) is 0 Å². The SMILES string of the molecule is CCNC(Cc1c(F)cccc1F)c1c(Cl)cnn1CC. The fourth-order valence-electron chi connectivity index (χ4n) is 2.41. The van der Waals surface area contributed by atoms with Gasteiger partial charge < -0.3 is 5.32 Å². The monoisotopic (exact) mass is 313 g/mol. The number of aromatic nitrogens is 2. The lowest BCUT2D eigenvalue weighted by Gasteiger charge is -2.20. The molecule has 0 amide bonds. The Balaban J connectivity index is 2.38. The number of halogens is 3. The predicted octanol–water partition coefficient (Wildman–Crippen LogP) is 3.73. The molecule has 2 aromatic rings. The van der Waals surface area contributed by atoms with Crippen LogP contribution in [0.4, 0.5) is 8.78 Å². The van der Waals surface area contributed by atoms with Crippen molar-refractivity contribution in [1.29, 1.82) is 0 Å². The van der Waals surface area contributed by atoms with Crippen molar-refractivity contribution in [2.45, 2.75) is 32.9 Å². The molecule has 0 bridgehead atoms. The molecule has 1 unspecified atom stereocenters. The molecule has 1 N–H and O–H groups in total. The van der Waals surface area contributed by atoms with Crippen LogP contribution in [0.1, 0.15) is 31.1 Å². The normalized spacial score (nSPS) is 12.6. The molecule has 1 atom stereocenters. The van der Waals surface area contributed by atoms with Crippen LogP contribution in [0.2, 0.25) is 5.02 Å². The number of likely N-dealkylation sites (N-methyl/N-ethyl adjacent to an activating group) is 1. The largest absolute Gasteiger partial charge is 0.309 e. The smallest absolute Gasteiger partial charge is 0.129 e. The second-order valence-electron chi connectivity index (χ2n) is 4.71. The Morgan fingerprint density at radius 3 is 2.52 bits per heavy atom. The molecule has 114 valence electrons. The first-order valence-corrected chi connectivity index (χ1v) is 7.33. The van der Waals surface area contributed by atoms with Gasteiger partial charge in [0.1, 0.15) is 11.6 Å². The summed E-state index contributed by atoms with van der Waals surface area (Å²) in [4.78, 5) is 0. The highest BCUT2D eigenvalue weighted by Gasteiger charge is 2.22. The van der Waals surface area contributed by atoms with Gasteiger partial charge in [0.2, 0.25) is 0 Å². The minimum atomic E-state index is -0.545. The van der Waals surface area contributed by atoms with Crippen LogP contribution in [0.15, 0.2) is 24.4 Å². The molecule has 0 saturated carbocycles. The van der Waals surface area contributed by atoms with Crippen molar-refractivity contribution in [3.63, 3.8) is 0 Å². The van der Waals surface area contributed by atoms with Crippen molar-refractivity contribution in [2.24, 2.45) is 0 Å². The third-order valence-electron chi connectivity index (χ3n) is 3.38. The van der Waals surface area contributed by atoms with Crippen molar-refractivity contribution in [3.05, 3.63) is 52.3 Å². The Kier molecular flexibility index (Phi) is 5.31. The van der Waals surface area contributed by atoms with E-state index < -0.39 is 11.6 Å². The van der Waals surface area contributed by atoms with E-state index in [9.17, 15) is 8.78 Å². The maximum absolute atomic E-state index is 13.9. The van der Waals surface area contributed by atoms with Gasteiger partial charge in [0.05, 0.1) is 23.0 Å². The average Bonchev–Trinajstić information content (AvgIpc) is 2.83. The Bertz CT molecular complexity index is 593. The summed E-state index contributed by atoms with van der Waals surface area (Å²) < 4.78 is 29.4. The van der Waals surface area contributed by atoms with Crippen LogP contribution in [-0.4, -0.2) is 16.3 Å². The van der Waals surface area contributed by atoms with E-state index in [4.69, 9.17) is 11.6 Å². The molecule has 0 saturated heterocycles. The van der Waals surface area contributed by atoms with Crippen LogP contribution >= 0.6 is 11.6 Å². The summed E-state index contributed by atoms with van der Waals surface area (Å²) in [5, 5.41) is 7.91. The molecule has 0 radical (unpaired) electrons. The Hall–Kier alpha value is -1.46. The summed E-state index contributed by atoms with van der Waals surface area (Å²) in [6, 6.07) is 3.59. The maximum atomic E-state index is 13.9. The molecule has 0 aliphatic rings. The highest BCUT2D eigenvalue weighted by molar-refractivity contribution is 6.31. The van der Waals surface area contributed by atoms with Gasteiger partial charge in [-0.1, -0.05) is 24.6 Å². The van der Waals surface area contributed by atoms with Crippen molar-refractivity contribution in [1.82, 2.24) is 15.1 Å². The molecule has 1 aromatic carbocycles. The summed E-state index contributed by atoms with van der Waals surface area (Å²) in [5.74, 6) is -1.09. The number of aryl methyl sites for hydroxylation is 1. The number of nitrogens with one attached hydrogen (secondary N) is 1. The zero-order valence-electron chi connectivity index (χ0n) is 12.0. The Morgan fingerprint density at radius 2 is 1.95 bits per heavy atom. The van der Waals surface area contributed by atoms with Crippen molar-refractivity contribution in [2.75, 3.05) is 6.54 Å². The fourth-order valence-corrected chi connectivity index (χ4v) is 2.69. The number of benzene rings is 1. The van der Waals surface area contributed by atoms with Gasteiger partial charge in [0.15, 0.2) is 0 Å². The first kappa shape index (κ1) is 15.9. The van der Waals surface area contributed by atoms with Crippen LogP contribution < -0.4 is 5.32 Å². The Morgan fingerprint density at radius 1 is 1.29 bits per heavy atom. The van der Waals surface area contributed by atoms with Crippen LogP contribution in [0.3, 0.4) is 0 Å². The van der Waals surface area contributed by atoms with Gasteiger partial charge in [-0.3, -0.25) is 4.68 Å². The first-order valence-electron chi connectivity index (χ1n) is 6.95. The molecule has 6 heteroatoms. The number of hydrogen-bond donors (Lipinski definition) is 1. The van der Waals surface area contributed by atoms with Gasteiger partial charge in [0, 0.05) is 12.1 Å². The van der Waals surface area contributed by atoms with Gasteiger partial charge in [-0.25, -0.2) is 8.78 Å². The van der Waals surface area contributed by atoms with Crippen LogP contribution in [0.25, 0.3) is 0 Å². The highest BCUT2D eigenvalue weighted by Crippen LogP contribution is 2.27. The van der Waals surface area contributed by atoms with Gasteiger partial charge in [-0.05, 0) is 32.0 Å². The number of nitrogens with zero attached hydrogens (tertiary/aromatic N) is 2. The van der Waals surface area contributed by atoms with E-state index in [0.29, 0.717) is 18.1 Å². The molecular formula is C15H18ClF2N3. The third-order valence-corrected chi connectivity index (χ3v) is 3.67. The minimum Gasteiger partial charge on any atom is -0.309 e. The van der Waals surface area contributed by atoms with E-state index in [1.807, 2.05) is 13.8 Å². The zero-order chi connectivity index (χ0) is 15.4. The van der Waals surface area contributed by atoms with Gasteiger partial charge in [-0.15, -0.1) is 0 Å². The predicted molar refractivity (Wildman–Crippen MR) is 79.4 cm³/mol. The topological polar surface area (TPSA) is 29.9 Å². The molecular weight excluding hydrogens is 296 g/mol. The molecule has 1 heterocycles. The number of hydrogen-bond acceptors (Lipinski definition) is 2. The molecule has 2 rings (SSSR count). The fraction of sp³-hybridized carbons (Fsp3) is 0.400. The standard InChI is InChI=1S/C15H18ClF2N3/c1-3-19-14(15-11(16)9-20-21(15)4-2)8-10-12(17)6-5-7-13(10)18/h5-7,9,14,19H,3-4,8H2,1-2H3. The summed E-state index contributed by atoms with van der Waals surface area (Å²) in [5.41, 5.74) is 0.812. The van der Waals surface area contributed by atoms with Crippen LogP contribution in [0.5, 0.6) is 0 Å². The molecule has 0 spiro atoms. The molecule has 0 aliphatic carbocycles. The van der Waals surface area contributed by atoms with Crippen LogP contribution in [0, 0.1) is 11.6 Å². The van der Waals surface area contributed by atoms with E-state index in [-0.39, 0.29) is 18.0 Å². The average molecular weight is 314 g/mol. The van der Waals surface area contributed by atoms with Crippen molar-refractivity contribution >= 4 is 11.6 Å². The lowest BCUT2D eigenvalue weighted by molar-refractivity contribution is 0.466. The van der Waals surface area contributed by atoms with Gasteiger partial charge >= 0.3 is 0 Å². The quantitative estimate of drug-likeness (QED) is 0.880. The van der Waals surface area contributed by atoms with E-state index in [1.54, 1.807) is 10.9 Å². The summed E-state index contributed by atoms with van der Waals surface area (Å²) >= 11 is 6.19. The molecule has 1 aromatic heterocycles. The maximum Gasteiger partial charge on any atom is 0.129 e. The van der Waals surface area contributed by atoms with E-state index >= 15 is 0 Å². The number of rotatable bonds is 6. The van der Waals surface area contributed by atoms with E-state index in [0.717, 1.165) is 5.69 Å². The molecule has 21 heavy (non-hydrogen) atoms. The summed E-state index contributed by atoms with van der Waals surface area (Å²) in [6.07, 6.45) is 1.74. The Labute approximate surface area is 127 Å². The lowest BCUT2D eigenvalue weighted by Crippen LogP contribution is -2.26. The van der Waals surface area contributed by atoms with Crippen LogP contribution in [-0.2, 0) is 13.0 Å². The molecule has 0 aliphatic heterocycles. The van der Waals surface area contributed by atoms with Gasteiger partial charge in [0.25, 0.3) is 0 Å². The van der Waals surface area contributed by atoms with Gasteiger partial charge in [-0.2, -0.15) is 5.10 Å². The minimum absolute atomic E-state index is 0.0587. The van der Waals surface area contributed by atoms with Crippen molar-refractivity contribution < 1.29 is 8.78 Å². The molecule has 3 nitrogen and oxygen atoms in total. The summed E-state index contributed by atoms with van der Waals surface area (Å²) in [7, 11) is 0. The summed E-state index contributed by atoms with van der Waals surface area (Å²) in [6.45, 7) is 5.18. The molecule has 0 fully saturated rings. The zero-order valence-corrected chi connectivity index (χ0v) is 12.8. The van der Waals surface area contributed by atoms with E-state index in [2.05, 4.69) is 10.4 Å². The third kappa shape index (κ3) is 3.41. The highest BCUT2D eigenvalue weighted by atomic mass is 35.5. The second-order valence-corrected chi connectivity index (χ2v) is 5.12. The second kappa shape index (κ2) is 7.00. The first-order chi connectivity index (χ1) is 10.1. The van der Waals surface area contributed by atoms with E-state index in [1.165, 1.54) is 18.2 Å².